The minimum atomic E-state index is -0.988. The number of likely N-dealkylation sites (tertiary alicyclic amines) is 1. The zero-order valence-electron chi connectivity index (χ0n) is 23.8. The first-order chi connectivity index (χ1) is 19.7. The van der Waals surface area contributed by atoms with Crippen molar-refractivity contribution in [2.45, 2.75) is 63.1 Å². The molecule has 0 radical (unpaired) electrons. The second-order valence-electron chi connectivity index (χ2n) is 11.9. The van der Waals surface area contributed by atoms with Gasteiger partial charge in [0, 0.05) is 42.8 Å². The molecule has 1 aromatic heterocycles. The second kappa shape index (κ2) is 9.91. The van der Waals surface area contributed by atoms with Gasteiger partial charge < -0.3 is 19.9 Å². The van der Waals surface area contributed by atoms with E-state index in [1.165, 1.54) is 9.80 Å². The molecule has 1 N–H and O–H groups in total. The summed E-state index contributed by atoms with van der Waals surface area (Å²) in [6.45, 7) is 4.07. The van der Waals surface area contributed by atoms with Crippen LogP contribution in [-0.4, -0.2) is 70.1 Å². The SMILES string of the molecule is COc1cc(C(=O)N(C)[C@@H](CC(C)C)C(=O)N2C[C@]3(C[C@H]2C#N)C(=O)Nc2ccccc23)cc2cn(C3CC3)nc12. The maximum absolute atomic E-state index is 14.2. The quantitative estimate of drug-likeness (QED) is 0.473. The predicted octanol–water partition coefficient (Wildman–Crippen LogP) is 3.88. The highest BCUT2D eigenvalue weighted by molar-refractivity contribution is 6.07. The van der Waals surface area contributed by atoms with Gasteiger partial charge in [-0.3, -0.25) is 19.1 Å². The summed E-state index contributed by atoms with van der Waals surface area (Å²) in [5, 5.41) is 18.5. The lowest BCUT2D eigenvalue weighted by atomic mass is 9.80. The molecule has 1 saturated carbocycles. The topological polar surface area (TPSA) is 121 Å². The van der Waals surface area contributed by atoms with E-state index in [2.05, 4.69) is 16.5 Å². The first-order valence-electron chi connectivity index (χ1n) is 14.1. The number of amides is 3. The molecule has 3 aliphatic rings. The number of anilines is 1. The van der Waals surface area contributed by atoms with Crippen molar-refractivity contribution < 1.29 is 19.1 Å². The number of carbonyl (C=O) groups is 3. The zero-order valence-corrected chi connectivity index (χ0v) is 23.8. The Hall–Kier alpha value is -4.39. The van der Waals surface area contributed by atoms with Crippen LogP contribution in [0.4, 0.5) is 5.69 Å². The van der Waals surface area contributed by atoms with Crippen LogP contribution < -0.4 is 10.1 Å². The van der Waals surface area contributed by atoms with Crippen molar-refractivity contribution in [2.75, 3.05) is 26.0 Å². The molecule has 10 heteroatoms. The Bertz CT molecular complexity index is 1600. The number of nitrogens with zero attached hydrogens (tertiary/aromatic N) is 5. The molecule has 2 fully saturated rings. The van der Waals surface area contributed by atoms with Gasteiger partial charge in [0.2, 0.25) is 11.8 Å². The summed E-state index contributed by atoms with van der Waals surface area (Å²) in [5.74, 6) is -0.256. The number of benzene rings is 2. The summed E-state index contributed by atoms with van der Waals surface area (Å²) < 4.78 is 7.52. The van der Waals surface area contributed by atoms with Crippen LogP contribution in [0, 0.1) is 17.2 Å². The van der Waals surface area contributed by atoms with E-state index in [0.29, 0.717) is 35.0 Å². The molecular weight excluding hydrogens is 520 g/mol. The van der Waals surface area contributed by atoms with Crippen LogP contribution in [0.15, 0.2) is 42.6 Å². The van der Waals surface area contributed by atoms with E-state index in [9.17, 15) is 19.6 Å². The lowest BCUT2D eigenvalue weighted by molar-refractivity contribution is -0.136. The van der Waals surface area contributed by atoms with E-state index in [-0.39, 0.29) is 36.6 Å². The molecule has 2 aromatic carbocycles. The van der Waals surface area contributed by atoms with Gasteiger partial charge in [-0.1, -0.05) is 32.0 Å². The van der Waals surface area contributed by atoms with Gasteiger partial charge in [0.05, 0.1) is 24.6 Å². The van der Waals surface area contributed by atoms with E-state index in [0.717, 1.165) is 23.8 Å². The smallest absolute Gasteiger partial charge is 0.254 e. The predicted molar refractivity (Wildman–Crippen MR) is 152 cm³/mol. The molecule has 212 valence electrons. The van der Waals surface area contributed by atoms with Crippen molar-refractivity contribution in [3.8, 4) is 11.8 Å². The van der Waals surface area contributed by atoms with E-state index >= 15 is 0 Å². The van der Waals surface area contributed by atoms with Gasteiger partial charge in [0.15, 0.2) is 0 Å². The number of likely N-dealkylation sites (N-methyl/N-ethyl adjacent to an activating group) is 1. The molecule has 41 heavy (non-hydrogen) atoms. The van der Waals surface area contributed by atoms with Crippen molar-refractivity contribution in [2.24, 2.45) is 5.92 Å². The molecule has 3 heterocycles. The van der Waals surface area contributed by atoms with Crippen molar-refractivity contribution in [1.29, 1.82) is 5.26 Å². The van der Waals surface area contributed by atoms with E-state index in [1.54, 1.807) is 26.3 Å². The molecule has 1 aliphatic carbocycles. The summed E-state index contributed by atoms with van der Waals surface area (Å²) in [6, 6.07) is 11.9. The summed E-state index contributed by atoms with van der Waals surface area (Å²) in [6.07, 6.45) is 4.72. The average Bonchev–Trinajstić information content (AvgIpc) is 3.51. The largest absolute Gasteiger partial charge is 0.494 e. The fraction of sp³-hybridized carbons (Fsp3) is 0.452. The van der Waals surface area contributed by atoms with Crippen LogP contribution in [-0.2, 0) is 15.0 Å². The number of aromatic nitrogens is 2. The number of nitrogens with one attached hydrogen (secondary N) is 1. The van der Waals surface area contributed by atoms with Gasteiger partial charge in [0.25, 0.3) is 5.91 Å². The van der Waals surface area contributed by atoms with E-state index in [1.807, 2.05) is 49.0 Å². The minimum Gasteiger partial charge on any atom is -0.494 e. The van der Waals surface area contributed by atoms with Gasteiger partial charge in [-0.2, -0.15) is 10.4 Å². The van der Waals surface area contributed by atoms with Gasteiger partial charge in [-0.05, 0) is 48.9 Å². The average molecular weight is 555 g/mol. The Morgan fingerprint density at radius 3 is 2.71 bits per heavy atom. The van der Waals surface area contributed by atoms with Crippen LogP contribution >= 0.6 is 0 Å². The van der Waals surface area contributed by atoms with E-state index < -0.39 is 17.5 Å². The molecule has 1 spiro atoms. The van der Waals surface area contributed by atoms with Crippen molar-refractivity contribution in [3.05, 3.63) is 53.7 Å². The number of fused-ring (bicyclic) bond motifs is 3. The van der Waals surface area contributed by atoms with Crippen molar-refractivity contribution in [3.63, 3.8) is 0 Å². The highest BCUT2D eigenvalue weighted by atomic mass is 16.5. The number of ether oxygens (including phenoxy) is 1. The number of carbonyl (C=O) groups excluding carboxylic acids is 3. The third kappa shape index (κ3) is 4.40. The molecule has 1 saturated heterocycles. The molecule has 2 aliphatic heterocycles. The summed E-state index contributed by atoms with van der Waals surface area (Å²) in [5.41, 5.74) is 1.62. The Balaban J connectivity index is 1.31. The molecule has 0 unspecified atom stereocenters. The number of para-hydroxylation sites is 1. The molecule has 3 atom stereocenters. The number of hydrogen-bond acceptors (Lipinski definition) is 6. The lowest BCUT2D eigenvalue weighted by Gasteiger charge is -2.33. The maximum atomic E-state index is 14.2. The first-order valence-corrected chi connectivity index (χ1v) is 14.1. The van der Waals surface area contributed by atoms with Crippen molar-refractivity contribution >= 4 is 34.3 Å². The van der Waals surface area contributed by atoms with E-state index in [4.69, 9.17) is 4.74 Å². The fourth-order valence-electron chi connectivity index (χ4n) is 6.32. The fourth-order valence-corrected chi connectivity index (χ4v) is 6.32. The molecule has 3 amide bonds. The number of nitriles is 1. The van der Waals surface area contributed by atoms with Gasteiger partial charge in [0.1, 0.15) is 23.3 Å². The zero-order chi connectivity index (χ0) is 29.1. The lowest BCUT2D eigenvalue weighted by Crippen LogP contribution is -2.52. The van der Waals surface area contributed by atoms with Crippen LogP contribution in [0.5, 0.6) is 5.75 Å². The van der Waals surface area contributed by atoms with Crippen LogP contribution in [0.3, 0.4) is 0 Å². The molecule has 3 aromatic rings. The van der Waals surface area contributed by atoms with Crippen molar-refractivity contribution in [1.82, 2.24) is 19.6 Å². The Morgan fingerprint density at radius 2 is 2.02 bits per heavy atom. The monoisotopic (exact) mass is 554 g/mol. The molecular formula is C31H34N6O4. The summed E-state index contributed by atoms with van der Waals surface area (Å²) >= 11 is 0. The Kier molecular flexibility index (Phi) is 6.48. The van der Waals surface area contributed by atoms with Gasteiger partial charge in [-0.25, -0.2) is 0 Å². The molecule has 0 bridgehead atoms. The molecule has 10 nitrogen and oxygen atoms in total. The summed E-state index contributed by atoms with van der Waals surface area (Å²) in [7, 11) is 3.18. The maximum Gasteiger partial charge on any atom is 0.254 e. The van der Waals surface area contributed by atoms with Crippen LogP contribution in [0.1, 0.15) is 61.5 Å². The van der Waals surface area contributed by atoms with Gasteiger partial charge >= 0.3 is 0 Å². The normalized spacial score (nSPS) is 22.1. The third-order valence-electron chi connectivity index (χ3n) is 8.66. The number of methoxy groups -OCH3 is 1. The Morgan fingerprint density at radius 1 is 1.27 bits per heavy atom. The Labute approximate surface area is 238 Å². The summed E-state index contributed by atoms with van der Waals surface area (Å²) in [4.78, 5) is 44.3. The highest BCUT2D eigenvalue weighted by Gasteiger charge is 2.56. The minimum absolute atomic E-state index is 0.0870. The highest BCUT2D eigenvalue weighted by Crippen LogP contribution is 2.46. The third-order valence-corrected chi connectivity index (χ3v) is 8.66. The second-order valence-corrected chi connectivity index (χ2v) is 11.9. The number of rotatable bonds is 7. The van der Waals surface area contributed by atoms with Crippen LogP contribution in [0.2, 0.25) is 0 Å². The van der Waals surface area contributed by atoms with Crippen LogP contribution in [0.25, 0.3) is 10.9 Å². The molecule has 6 rings (SSSR count). The number of hydrogen-bond donors (Lipinski definition) is 1. The van der Waals surface area contributed by atoms with Gasteiger partial charge in [-0.15, -0.1) is 0 Å². The first kappa shape index (κ1) is 26.8. The standard InChI is InChI=1S/C31H34N6O4/c1-18(2)11-25(29(39)36-17-31(14-22(36)15-32)23-7-5-6-8-24(23)33-30(31)40)35(3)28(38)19-12-20-16-37(21-9-10-21)34-27(20)26(13-19)41-4/h5-8,12-13,16,18,21-22,25H,9-11,14,17H2,1-4H3,(H,33,40)/t22-,25-,31-/m0/s1.